The van der Waals surface area contributed by atoms with Crippen molar-refractivity contribution in [1.82, 2.24) is 9.78 Å². The van der Waals surface area contributed by atoms with E-state index >= 15 is 0 Å². The SMILES string of the molecule is Cn1nccc1NC(=O)c1cc(N)ccc1Cl. The van der Waals surface area contributed by atoms with Crippen molar-refractivity contribution in [3.05, 3.63) is 41.0 Å². The highest BCUT2D eigenvalue weighted by atomic mass is 35.5. The molecule has 6 heteroatoms. The average Bonchev–Trinajstić information content (AvgIpc) is 2.68. The Hall–Kier alpha value is -2.01. The predicted molar refractivity (Wildman–Crippen MR) is 67.0 cm³/mol. The van der Waals surface area contributed by atoms with Gasteiger partial charge in [0.05, 0.1) is 16.8 Å². The zero-order valence-electron chi connectivity index (χ0n) is 9.14. The zero-order valence-corrected chi connectivity index (χ0v) is 9.90. The van der Waals surface area contributed by atoms with E-state index in [0.717, 1.165) is 0 Å². The van der Waals surface area contributed by atoms with Crippen LogP contribution in [-0.4, -0.2) is 15.7 Å². The molecule has 0 spiro atoms. The van der Waals surface area contributed by atoms with Crippen LogP contribution in [0.2, 0.25) is 5.02 Å². The van der Waals surface area contributed by atoms with E-state index in [9.17, 15) is 4.79 Å². The quantitative estimate of drug-likeness (QED) is 0.800. The number of hydrogen-bond acceptors (Lipinski definition) is 3. The smallest absolute Gasteiger partial charge is 0.258 e. The molecule has 1 aromatic heterocycles. The number of halogens is 1. The molecule has 0 aliphatic carbocycles. The molecular weight excluding hydrogens is 240 g/mol. The van der Waals surface area contributed by atoms with Gasteiger partial charge in [-0.1, -0.05) is 11.6 Å². The average molecular weight is 251 g/mol. The molecule has 1 aromatic carbocycles. The van der Waals surface area contributed by atoms with E-state index in [1.807, 2.05) is 0 Å². The van der Waals surface area contributed by atoms with E-state index in [2.05, 4.69) is 10.4 Å². The second kappa shape index (κ2) is 4.47. The van der Waals surface area contributed by atoms with Crippen LogP contribution in [0, 0.1) is 0 Å². The van der Waals surface area contributed by atoms with Crippen LogP contribution in [0.1, 0.15) is 10.4 Å². The van der Waals surface area contributed by atoms with Gasteiger partial charge in [-0.15, -0.1) is 0 Å². The first-order valence-electron chi connectivity index (χ1n) is 4.92. The van der Waals surface area contributed by atoms with E-state index < -0.39 is 0 Å². The van der Waals surface area contributed by atoms with E-state index in [4.69, 9.17) is 17.3 Å². The highest BCUT2D eigenvalue weighted by Crippen LogP contribution is 2.20. The summed E-state index contributed by atoms with van der Waals surface area (Å²) in [6.07, 6.45) is 1.59. The minimum Gasteiger partial charge on any atom is -0.399 e. The van der Waals surface area contributed by atoms with Crippen molar-refractivity contribution < 1.29 is 4.79 Å². The van der Waals surface area contributed by atoms with Crippen molar-refractivity contribution in [1.29, 1.82) is 0 Å². The first-order valence-corrected chi connectivity index (χ1v) is 5.30. The van der Waals surface area contributed by atoms with Gasteiger partial charge in [0.25, 0.3) is 5.91 Å². The first-order chi connectivity index (χ1) is 8.08. The fraction of sp³-hybridized carbons (Fsp3) is 0.0909. The van der Waals surface area contributed by atoms with Crippen molar-refractivity contribution in [2.24, 2.45) is 7.05 Å². The number of carbonyl (C=O) groups is 1. The first kappa shape index (κ1) is 11.5. The lowest BCUT2D eigenvalue weighted by Gasteiger charge is -2.07. The number of rotatable bonds is 2. The molecule has 0 fully saturated rings. The lowest BCUT2D eigenvalue weighted by molar-refractivity contribution is 0.102. The van der Waals surface area contributed by atoms with Gasteiger partial charge in [-0.25, -0.2) is 0 Å². The van der Waals surface area contributed by atoms with E-state index in [-0.39, 0.29) is 5.91 Å². The van der Waals surface area contributed by atoms with Crippen molar-refractivity contribution in [2.45, 2.75) is 0 Å². The number of carbonyl (C=O) groups excluding carboxylic acids is 1. The maximum Gasteiger partial charge on any atom is 0.258 e. The van der Waals surface area contributed by atoms with Crippen molar-refractivity contribution in [3.8, 4) is 0 Å². The Morgan fingerprint density at radius 2 is 2.24 bits per heavy atom. The van der Waals surface area contributed by atoms with E-state index in [1.165, 1.54) is 6.07 Å². The van der Waals surface area contributed by atoms with Gasteiger partial charge in [0.2, 0.25) is 0 Å². The minimum absolute atomic E-state index is 0.314. The summed E-state index contributed by atoms with van der Waals surface area (Å²) >= 11 is 5.93. The second-order valence-corrected chi connectivity index (χ2v) is 3.94. The molecule has 0 saturated heterocycles. The van der Waals surface area contributed by atoms with Crippen LogP contribution in [-0.2, 0) is 7.05 Å². The topological polar surface area (TPSA) is 72.9 Å². The Kier molecular flexibility index (Phi) is 3.01. The minimum atomic E-state index is -0.314. The summed E-state index contributed by atoms with van der Waals surface area (Å²) < 4.78 is 1.55. The molecule has 2 rings (SSSR count). The Morgan fingerprint density at radius 3 is 2.88 bits per heavy atom. The van der Waals surface area contributed by atoms with E-state index in [0.29, 0.717) is 22.1 Å². The third-order valence-corrected chi connectivity index (χ3v) is 2.63. The van der Waals surface area contributed by atoms with Gasteiger partial charge < -0.3 is 11.1 Å². The molecular formula is C11H11ClN4O. The lowest BCUT2D eigenvalue weighted by Crippen LogP contribution is -2.15. The molecule has 1 amide bonds. The zero-order chi connectivity index (χ0) is 12.4. The van der Waals surface area contributed by atoms with Gasteiger partial charge in [0, 0.05) is 18.8 Å². The third kappa shape index (κ3) is 2.39. The molecule has 0 bridgehead atoms. The molecule has 1 heterocycles. The van der Waals surface area contributed by atoms with Crippen LogP contribution >= 0.6 is 11.6 Å². The summed E-state index contributed by atoms with van der Waals surface area (Å²) in [6.45, 7) is 0. The molecule has 0 radical (unpaired) electrons. The van der Waals surface area contributed by atoms with Crippen LogP contribution in [0.5, 0.6) is 0 Å². The third-order valence-electron chi connectivity index (χ3n) is 2.30. The summed E-state index contributed by atoms with van der Waals surface area (Å²) in [6, 6.07) is 6.46. The Morgan fingerprint density at radius 1 is 1.47 bits per heavy atom. The Balaban J connectivity index is 2.26. The normalized spacial score (nSPS) is 10.2. The monoisotopic (exact) mass is 250 g/mol. The van der Waals surface area contributed by atoms with Crippen molar-refractivity contribution >= 4 is 29.0 Å². The molecule has 0 aliphatic heterocycles. The number of nitrogens with zero attached hydrogens (tertiary/aromatic N) is 2. The van der Waals surface area contributed by atoms with Gasteiger partial charge >= 0.3 is 0 Å². The van der Waals surface area contributed by atoms with Gasteiger partial charge in [-0.3, -0.25) is 9.48 Å². The number of anilines is 2. The molecule has 2 aromatic rings. The molecule has 3 N–H and O–H groups in total. The van der Waals surface area contributed by atoms with Crippen LogP contribution in [0.4, 0.5) is 11.5 Å². The van der Waals surface area contributed by atoms with Gasteiger partial charge in [-0.2, -0.15) is 5.10 Å². The number of aryl methyl sites for hydroxylation is 1. The summed E-state index contributed by atoms with van der Waals surface area (Å²) in [5.74, 6) is 0.277. The van der Waals surface area contributed by atoms with Gasteiger partial charge in [0.15, 0.2) is 0 Å². The molecule has 0 unspecified atom stereocenters. The number of benzene rings is 1. The number of nitrogens with two attached hydrogens (primary N) is 1. The number of nitrogen functional groups attached to an aromatic ring is 1. The van der Waals surface area contributed by atoms with Crippen LogP contribution in [0.3, 0.4) is 0 Å². The molecule has 0 saturated carbocycles. The summed E-state index contributed by atoms with van der Waals surface area (Å²) in [5, 5.41) is 7.00. The number of aromatic nitrogens is 2. The molecule has 88 valence electrons. The predicted octanol–water partition coefficient (Wildman–Crippen LogP) is 1.91. The van der Waals surface area contributed by atoms with Crippen LogP contribution < -0.4 is 11.1 Å². The molecule has 0 aliphatic rings. The molecule has 17 heavy (non-hydrogen) atoms. The summed E-state index contributed by atoms with van der Waals surface area (Å²) in [4.78, 5) is 11.9. The second-order valence-electron chi connectivity index (χ2n) is 3.53. The summed E-state index contributed by atoms with van der Waals surface area (Å²) in [7, 11) is 1.73. The maximum atomic E-state index is 11.9. The fourth-order valence-electron chi connectivity index (χ4n) is 1.40. The van der Waals surface area contributed by atoms with Crippen LogP contribution in [0.15, 0.2) is 30.5 Å². The number of hydrogen-bond donors (Lipinski definition) is 2. The fourth-order valence-corrected chi connectivity index (χ4v) is 1.60. The van der Waals surface area contributed by atoms with E-state index in [1.54, 1.807) is 36.1 Å². The lowest BCUT2D eigenvalue weighted by atomic mass is 10.2. The summed E-state index contributed by atoms with van der Waals surface area (Å²) in [5.41, 5.74) is 6.44. The van der Waals surface area contributed by atoms with Gasteiger partial charge in [-0.05, 0) is 18.2 Å². The Bertz CT molecular complexity index is 564. The highest BCUT2D eigenvalue weighted by molar-refractivity contribution is 6.34. The highest BCUT2D eigenvalue weighted by Gasteiger charge is 2.12. The van der Waals surface area contributed by atoms with Crippen molar-refractivity contribution in [3.63, 3.8) is 0 Å². The molecule has 5 nitrogen and oxygen atoms in total. The number of nitrogens with one attached hydrogen (secondary N) is 1. The maximum absolute atomic E-state index is 11.9. The van der Waals surface area contributed by atoms with Gasteiger partial charge in [0.1, 0.15) is 5.82 Å². The Labute approximate surface area is 103 Å². The largest absolute Gasteiger partial charge is 0.399 e. The van der Waals surface area contributed by atoms with Crippen LogP contribution in [0.25, 0.3) is 0 Å². The molecule has 0 atom stereocenters. The van der Waals surface area contributed by atoms with Crippen molar-refractivity contribution in [2.75, 3.05) is 11.1 Å². The standard InChI is InChI=1S/C11H11ClN4O/c1-16-10(4-5-14-16)15-11(17)8-6-7(13)2-3-9(8)12/h2-6H,13H2,1H3,(H,15,17). The number of amides is 1.